The molecule has 98 valence electrons. The first-order valence-corrected chi connectivity index (χ1v) is 6.79. The zero-order valence-corrected chi connectivity index (χ0v) is 11.0. The molecule has 0 bridgehead atoms. The lowest BCUT2D eigenvalue weighted by molar-refractivity contribution is -0.125. The molecule has 0 radical (unpaired) electrons. The third kappa shape index (κ3) is 3.84. The van der Waals surface area contributed by atoms with Crippen molar-refractivity contribution >= 4 is 5.91 Å². The first kappa shape index (κ1) is 13.1. The molecular formula is C15H22N2O. The van der Waals surface area contributed by atoms with E-state index < -0.39 is 0 Å². The van der Waals surface area contributed by atoms with Crippen molar-refractivity contribution < 1.29 is 4.79 Å². The van der Waals surface area contributed by atoms with Gasteiger partial charge >= 0.3 is 0 Å². The molecule has 1 aliphatic heterocycles. The summed E-state index contributed by atoms with van der Waals surface area (Å²) < 4.78 is 0. The van der Waals surface area contributed by atoms with Crippen LogP contribution >= 0.6 is 0 Å². The number of benzene rings is 1. The molecule has 1 atom stereocenters. The van der Waals surface area contributed by atoms with Crippen molar-refractivity contribution in [2.24, 2.45) is 5.92 Å². The minimum absolute atomic E-state index is 0.163. The average Bonchev–Trinajstić information content (AvgIpc) is 2.40. The molecule has 1 aromatic rings. The van der Waals surface area contributed by atoms with E-state index in [1.54, 1.807) is 0 Å². The van der Waals surface area contributed by atoms with E-state index in [2.05, 4.69) is 41.8 Å². The van der Waals surface area contributed by atoms with E-state index in [9.17, 15) is 4.79 Å². The summed E-state index contributed by atoms with van der Waals surface area (Å²) in [6.45, 7) is 4.71. The zero-order valence-electron chi connectivity index (χ0n) is 11.0. The smallest absolute Gasteiger partial charge is 0.224 e. The summed E-state index contributed by atoms with van der Waals surface area (Å²) in [4.78, 5) is 11.9. The van der Waals surface area contributed by atoms with Gasteiger partial charge in [0.15, 0.2) is 0 Å². The maximum atomic E-state index is 11.9. The van der Waals surface area contributed by atoms with Crippen molar-refractivity contribution in [3.8, 4) is 0 Å². The molecule has 3 nitrogen and oxygen atoms in total. The second-order valence-corrected chi connectivity index (χ2v) is 5.07. The number of carbonyl (C=O) groups excluding carboxylic acids is 1. The van der Waals surface area contributed by atoms with Crippen LogP contribution in [0.5, 0.6) is 0 Å². The molecule has 0 aliphatic carbocycles. The Labute approximate surface area is 109 Å². The summed E-state index contributed by atoms with van der Waals surface area (Å²) >= 11 is 0. The van der Waals surface area contributed by atoms with E-state index >= 15 is 0 Å². The van der Waals surface area contributed by atoms with Crippen LogP contribution in [0.1, 0.15) is 24.0 Å². The van der Waals surface area contributed by atoms with Crippen LogP contribution in [-0.2, 0) is 11.2 Å². The quantitative estimate of drug-likeness (QED) is 0.848. The highest BCUT2D eigenvalue weighted by atomic mass is 16.1. The van der Waals surface area contributed by atoms with Crippen molar-refractivity contribution in [2.75, 3.05) is 19.6 Å². The molecule has 1 saturated heterocycles. The SMILES string of the molecule is Cc1cccc(CCNC(=O)C2CCCNC2)c1. The van der Waals surface area contributed by atoms with E-state index in [0.717, 1.165) is 38.9 Å². The van der Waals surface area contributed by atoms with Gasteiger partial charge in [-0.2, -0.15) is 0 Å². The topological polar surface area (TPSA) is 41.1 Å². The first-order chi connectivity index (χ1) is 8.75. The maximum Gasteiger partial charge on any atom is 0.224 e. The predicted octanol–water partition coefficient (Wildman–Crippen LogP) is 1.65. The lowest BCUT2D eigenvalue weighted by Crippen LogP contribution is -2.41. The predicted molar refractivity (Wildman–Crippen MR) is 73.5 cm³/mol. The van der Waals surface area contributed by atoms with Crippen LogP contribution in [0.3, 0.4) is 0 Å². The summed E-state index contributed by atoms with van der Waals surface area (Å²) in [5.74, 6) is 0.367. The first-order valence-electron chi connectivity index (χ1n) is 6.79. The van der Waals surface area contributed by atoms with Crippen molar-refractivity contribution in [3.63, 3.8) is 0 Å². The molecule has 1 fully saturated rings. The third-order valence-electron chi connectivity index (χ3n) is 3.46. The van der Waals surface area contributed by atoms with Gasteiger partial charge in [-0.1, -0.05) is 29.8 Å². The van der Waals surface area contributed by atoms with Gasteiger partial charge in [0.25, 0.3) is 0 Å². The molecule has 2 N–H and O–H groups in total. The summed E-state index contributed by atoms with van der Waals surface area (Å²) in [5, 5.41) is 6.31. The Morgan fingerprint density at radius 2 is 2.39 bits per heavy atom. The number of carbonyl (C=O) groups is 1. The van der Waals surface area contributed by atoms with Gasteiger partial charge in [0.05, 0.1) is 5.92 Å². The highest BCUT2D eigenvalue weighted by molar-refractivity contribution is 5.78. The monoisotopic (exact) mass is 246 g/mol. The Kier molecular flexibility index (Phi) is 4.76. The van der Waals surface area contributed by atoms with Gasteiger partial charge in [-0.25, -0.2) is 0 Å². The Morgan fingerprint density at radius 3 is 3.11 bits per heavy atom. The highest BCUT2D eigenvalue weighted by Crippen LogP contribution is 2.09. The van der Waals surface area contributed by atoms with Gasteiger partial charge in [-0.05, 0) is 38.3 Å². The Bertz CT molecular complexity index is 397. The van der Waals surface area contributed by atoms with Gasteiger partial charge in [0, 0.05) is 13.1 Å². The van der Waals surface area contributed by atoms with E-state index in [4.69, 9.17) is 0 Å². The van der Waals surface area contributed by atoms with Crippen LogP contribution in [0, 0.1) is 12.8 Å². The number of rotatable bonds is 4. The molecule has 1 aromatic carbocycles. The molecule has 0 spiro atoms. The Hall–Kier alpha value is -1.35. The van der Waals surface area contributed by atoms with Crippen LogP contribution in [0.25, 0.3) is 0 Å². The minimum atomic E-state index is 0.163. The van der Waals surface area contributed by atoms with Crippen LogP contribution < -0.4 is 10.6 Å². The summed E-state index contributed by atoms with van der Waals surface area (Å²) in [7, 11) is 0. The molecule has 3 heteroatoms. The second-order valence-electron chi connectivity index (χ2n) is 5.07. The number of aryl methyl sites for hydroxylation is 1. The molecule has 18 heavy (non-hydrogen) atoms. The third-order valence-corrected chi connectivity index (χ3v) is 3.46. The largest absolute Gasteiger partial charge is 0.355 e. The van der Waals surface area contributed by atoms with Crippen LogP contribution in [0.15, 0.2) is 24.3 Å². The molecule has 1 amide bonds. The number of hydrogen-bond acceptors (Lipinski definition) is 2. The van der Waals surface area contributed by atoms with Gasteiger partial charge in [-0.15, -0.1) is 0 Å². The number of amides is 1. The highest BCUT2D eigenvalue weighted by Gasteiger charge is 2.19. The van der Waals surface area contributed by atoms with Gasteiger partial charge in [0.2, 0.25) is 5.91 Å². The van der Waals surface area contributed by atoms with Crippen LogP contribution in [0.4, 0.5) is 0 Å². The maximum absolute atomic E-state index is 11.9. The average molecular weight is 246 g/mol. The fourth-order valence-corrected chi connectivity index (χ4v) is 2.42. The Balaban J connectivity index is 1.73. The van der Waals surface area contributed by atoms with Crippen LogP contribution in [0.2, 0.25) is 0 Å². The molecule has 2 rings (SSSR count). The summed E-state index contributed by atoms with van der Waals surface area (Å²) in [6.07, 6.45) is 3.03. The Morgan fingerprint density at radius 1 is 1.50 bits per heavy atom. The lowest BCUT2D eigenvalue weighted by atomic mass is 9.99. The number of piperidine rings is 1. The van der Waals surface area contributed by atoms with E-state index in [1.807, 2.05) is 0 Å². The standard InChI is InChI=1S/C15H22N2O/c1-12-4-2-5-13(10-12)7-9-17-15(18)14-6-3-8-16-11-14/h2,4-5,10,14,16H,3,6-9,11H2,1H3,(H,17,18). The van der Waals surface area contributed by atoms with Crippen molar-refractivity contribution in [2.45, 2.75) is 26.2 Å². The summed E-state index contributed by atoms with van der Waals surface area (Å²) in [6, 6.07) is 8.45. The number of hydrogen-bond donors (Lipinski definition) is 2. The zero-order chi connectivity index (χ0) is 12.8. The lowest BCUT2D eigenvalue weighted by Gasteiger charge is -2.21. The molecule has 0 saturated carbocycles. The fourth-order valence-electron chi connectivity index (χ4n) is 2.42. The van der Waals surface area contributed by atoms with E-state index in [1.165, 1.54) is 11.1 Å². The van der Waals surface area contributed by atoms with Crippen molar-refractivity contribution in [1.82, 2.24) is 10.6 Å². The van der Waals surface area contributed by atoms with E-state index in [0.29, 0.717) is 0 Å². The van der Waals surface area contributed by atoms with Gasteiger partial charge < -0.3 is 10.6 Å². The summed E-state index contributed by atoms with van der Waals surface area (Å²) in [5.41, 5.74) is 2.56. The van der Waals surface area contributed by atoms with Crippen molar-refractivity contribution in [1.29, 1.82) is 0 Å². The second kappa shape index (κ2) is 6.55. The molecule has 1 unspecified atom stereocenters. The molecule has 1 aliphatic rings. The molecular weight excluding hydrogens is 224 g/mol. The fraction of sp³-hybridized carbons (Fsp3) is 0.533. The van der Waals surface area contributed by atoms with Gasteiger partial charge in [-0.3, -0.25) is 4.79 Å². The minimum Gasteiger partial charge on any atom is -0.355 e. The van der Waals surface area contributed by atoms with E-state index in [-0.39, 0.29) is 11.8 Å². The van der Waals surface area contributed by atoms with Crippen LogP contribution in [-0.4, -0.2) is 25.5 Å². The normalized spacial score (nSPS) is 19.5. The number of nitrogens with one attached hydrogen (secondary N) is 2. The van der Waals surface area contributed by atoms with Gasteiger partial charge in [0.1, 0.15) is 0 Å². The van der Waals surface area contributed by atoms with Crippen molar-refractivity contribution in [3.05, 3.63) is 35.4 Å². The molecule has 1 heterocycles. The molecule has 0 aromatic heterocycles.